The van der Waals surface area contributed by atoms with Gasteiger partial charge in [0.05, 0.1) is 0 Å². The Kier molecular flexibility index (Phi) is 4.78. The van der Waals surface area contributed by atoms with Gasteiger partial charge in [-0.1, -0.05) is 20.8 Å². The molecular weight excluding hydrogens is 220 g/mol. The third kappa shape index (κ3) is 3.91. The molecule has 5 nitrogen and oxygen atoms in total. The number of carboxylic acid groups (broad SMARTS) is 1. The van der Waals surface area contributed by atoms with E-state index in [1.165, 1.54) is 0 Å². The summed E-state index contributed by atoms with van der Waals surface area (Å²) in [4.78, 5) is 24.8. The molecule has 0 unspecified atom stereocenters. The highest BCUT2D eigenvalue weighted by molar-refractivity contribution is 5.83. The predicted octanol–water partition coefficient (Wildman–Crippen LogP) is 1.68. The quantitative estimate of drug-likeness (QED) is 0.744. The van der Waals surface area contributed by atoms with Crippen molar-refractivity contribution in [1.29, 1.82) is 0 Å². The van der Waals surface area contributed by atoms with E-state index < -0.39 is 12.0 Å². The van der Waals surface area contributed by atoms with E-state index in [9.17, 15) is 9.59 Å². The van der Waals surface area contributed by atoms with Gasteiger partial charge in [0.2, 0.25) is 0 Å². The van der Waals surface area contributed by atoms with E-state index in [1.54, 1.807) is 18.7 Å². The summed E-state index contributed by atoms with van der Waals surface area (Å²) in [6.07, 6.45) is 2.96. The number of carbonyl (C=O) groups excluding carboxylic acids is 1. The number of nitrogens with one attached hydrogen (secondary N) is 1. The van der Waals surface area contributed by atoms with Gasteiger partial charge < -0.3 is 15.3 Å². The normalized spacial score (nSPS) is 16.7. The van der Waals surface area contributed by atoms with Crippen LogP contribution in [0.4, 0.5) is 4.79 Å². The van der Waals surface area contributed by atoms with Crippen LogP contribution in [-0.2, 0) is 4.79 Å². The van der Waals surface area contributed by atoms with Gasteiger partial charge in [0.15, 0.2) is 0 Å². The molecule has 5 heteroatoms. The third-order valence-electron chi connectivity index (χ3n) is 2.92. The fraction of sp³-hybridized carbons (Fsp3) is 0.833. The summed E-state index contributed by atoms with van der Waals surface area (Å²) in [6, 6.07) is -0.729. The van der Waals surface area contributed by atoms with Gasteiger partial charge in [-0.2, -0.15) is 0 Å². The van der Waals surface area contributed by atoms with Crippen LogP contribution in [0.5, 0.6) is 0 Å². The maximum Gasteiger partial charge on any atom is 0.326 e. The molecule has 0 bridgehead atoms. The molecule has 0 radical (unpaired) electrons. The summed E-state index contributed by atoms with van der Waals surface area (Å²) >= 11 is 0. The summed E-state index contributed by atoms with van der Waals surface area (Å²) < 4.78 is 0. The molecule has 1 rings (SSSR count). The molecular formula is C12H22N2O3. The van der Waals surface area contributed by atoms with E-state index in [2.05, 4.69) is 5.32 Å². The van der Waals surface area contributed by atoms with Gasteiger partial charge in [-0.25, -0.2) is 9.59 Å². The van der Waals surface area contributed by atoms with Crippen LogP contribution in [0.1, 0.15) is 40.0 Å². The predicted molar refractivity (Wildman–Crippen MR) is 64.8 cm³/mol. The zero-order valence-electron chi connectivity index (χ0n) is 10.8. The number of amides is 2. The Balaban J connectivity index is 2.57. The minimum Gasteiger partial charge on any atom is -0.480 e. The van der Waals surface area contributed by atoms with Gasteiger partial charge >= 0.3 is 12.0 Å². The Labute approximate surface area is 102 Å². The fourth-order valence-electron chi connectivity index (χ4n) is 1.81. The molecule has 0 aliphatic heterocycles. The molecule has 2 N–H and O–H groups in total. The first-order chi connectivity index (χ1) is 7.97. The SMILES string of the molecule is CCCN(C(=O)N[C@H](C(=O)O)C(C)C)C1CC1. The second-order valence-electron chi connectivity index (χ2n) is 4.93. The van der Waals surface area contributed by atoms with Crippen LogP contribution in [-0.4, -0.2) is 40.6 Å². The molecule has 1 atom stereocenters. The number of urea groups is 1. The van der Waals surface area contributed by atoms with Crippen LogP contribution in [0.2, 0.25) is 0 Å². The monoisotopic (exact) mass is 242 g/mol. The van der Waals surface area contributed by atoms with E-state index in [0.717, 1.165) is 19.3 Å². The molecule has 0 aromatic carbocycles. The summed E-state index contributed by atoms with van der Waals surface area (Å²) in [6.45, 7) is 6.29. The minimum atomic E-state index is -0.972. The molecule has 2 amide bonds. The van der Waals surface area contributed by atoms with Crippen LogP contribution >= 0.6 is 0 Å². The van der Waals surface area contributed by atoms with Crippen molar-refractivity contribution >= 4 is 12.0 Å². The van der Waals surface area contributed by atoms with E-state index in [0.29, 0.717) is 12.6 Å². The Bertz CT molecular complexity index is 287. The highest BCUT2D eigenvalue weighted by atomic mass is 16.4. The minimum absolute atomic E-state index is 0.112. The van der Waals surface area contributed by atoms with E-state index in [-0.39, 0.29) is 11.9 Å². The zero-order chi connectivity index (χ0) is 13.0. The van der Waals surface area contributed by atoms with Crippen molar-refractivity contribution in [1.82, 2.24) is 10.2 Å². The average molecular weight is 242 g/mol. The fourth-order valence-corrected chi connectivity index (χ4v) is 1.81. The largest absolute Gasteiger partial charge is 0.480 e. The van der Waals surface area contributed by atoms with Crippen LogP contribution < -0.4 is 5.32 Å². The van der Waals surface area contributed by atoms with E-state index in [1.807, 2.05) is 6.92 Å². The maximum atomic E-state index is 12.0. The van der Waals surface area contributed by atoms with Gasteiger partial charge in [0, 0.05) is 12.6 Å². The van der Waals surface area contributed by atoms with Gasteiger partial charge in [0.25, 0.3) is 0 Å². The second kappa shape index (κ2) is 5.89. The van der Waals surface area contributed by atoms with Crippen molar-refractivity contribution in [3.8, 4) is 0 Å². The first-order valence-corrected chi connectivity index (χ1v) is 6.27. The first kappa shape index (κ1) is 13.8. The number of carboxylic acids is 1. The number of hydrogen-bond donors (Lipinski definition) is 2. The van der Waals surface area contributed by atoms with Crippen LogP contribution in [0.25, 0.3) is 0 Å². The topological polar surface area (TPSA) is 69.6 Å². The lowest BCUT2D eigenvalue weighted by molar-refractivity contribution is -0.140. The van der Waals surface area contributed by atoms with Crippen molar-refractivity contribution in [2.75, 3.05) is 6.54 Å². The Morgan fingerprint density at radius 3 is 2.35 bits per heavy atom. The molecule has 98 valence electrons. The summed E-state index contributed by atoms with van der Waals surface area (Å²) in [5.74, 6) is -1.08. The van der Waals surface area contributed by atoms with Gasteiger partial charge in [0.1, 0.15) is 6.04 Å². The highest BCUT2D eigenvalue weighted by Gasteiger charge is 2.34. The number of aliphatic carboxylic acids is 1. The highest BCUT2D eigenvalue weighted by Crippen LogP contribution is 2.27. The lowest BCUT2D eigenvalue weighted by atomic mass is 10.1. The van der Waals surface area contributed by atoms with Crippen molar-refractivity contribution < 1.29 is 14.7 Å². The van der Waals surface area contributed by atoms with Crippen molar-refractivity contribution in [3.63, 3.8) is 0 Å². The molecule has 1 aliphatic carbocycles. The van der Waals surface area contributed by atoms with Gasteiger partial charge in [-0.15, -0.1) is 0 Å². The standard InChI is InChI=1S/C12H22N2O3/c1-4-7-14(9-5-6-9)12(17)13-10(8(2)3)11(15)16/h8-10H,4-7H2,1-3H3,(H,13,17)(H,15,16)/t10-/m0/s1. The molecule has 1 fully saturated rings. The average Bonchev–Trinajstić information content (AvgIpc) is 3.04. The number of rotatable bonds is 6. The molecule has 0 saturated heterocycles. The molecule has 1 saturated carbocycles. The van der Waals surface area contributed by atoms with Crippen molar-refractivity contribution in [3.05, 3.63) is 0 Å². The smallest absolute Gasteiger partial charge is 0.326 e. The zero-order valence-corrected chi connectivity index (χ0v) is 10.8. The summed E-state index contributed by atoms with van der Waals surface area (Å²) in [5, 5.41) is 11.6. The molecule has 0 aromatic heterocycles. The van der Waals surface area contributed by atoms with Crippen LogP contribution in [0.15, 0.2) is 0 Å². The lowest BCUT2D eigenvalue weighted by Crippen LogP contribution is -2.51. The summed E-state index contributed by atoms with van der Waals surface area (Å²) in [5.41, 5.74) is 0. The lowest BCUT2D eigenvalue weighted by Gasteiger charge is -2.26. The first-order valence-electron chi connectivity index (χ1n) is 6.27. The van der Waals surface area contributed by atoms with E-state index >= 15 is 0 Å². The Morgan fingerprint density at radius 1 is 1.41 bits per heavy atom. The van der Waals surface area contributed by atoms with E-state index in [4.69, 9.17) is 5.11 Å². The second-order valence-corrected chi connectivity index (χ2v) is 4.93. The van der Waals surface area contributed by atoms with Crippen LogP contribution in [0.3, 0.4) is 0 Å². The number of nitrogens with zero attached hydrogens (tertiary/aromatic N) is 1. The molecule has 17 heavy (non-hydrogen) atoms. The summed E-state index contributed by atoms with van der Waals surface area (Å²) in [7, 11) is 0. The Hall–Kier alpha value is -1.26. The molecule has 0 heterocycles. The van der Waals surface area contributed by atoms with Gasteiger partial charge in [-0.05, 0) is 25.2 Å². The third-order valence-corrected chi connectivity index (χ3v) is 2.92. The Morgan fingerprint density at radius 2 is 2.00 bits per heavy atom. The number of hydrogen-bond acceptors (Lipinski definition) is 2. The van der Waals surface area contributed by atoms with Gasteiger partial charge in [-0.3, -0.25) is 0 Å². The van der Waals surface area contributed by atoms with Crippen molar-refractivity contribution in [2.24, 2.45) is 5.92 Å². The number of carbonyl (C=O) groups is 2. The molecule has 0 spiro atoms. The van der Waals surface area contributed by atoms with Crippen LogP contribution in [0, 0.1) is 5.92 Å². The maximum absolute atomic E-state index is 12.0. The molecule has 1 aliphatic rings. The molecule has 0 aromatic rings. The van der Waals surface area contributed by atoms with Crippen molar-refractivity contribution in [2.45, 2.75) is 52.1 Å².